The number of methoxy groups -OCH3 is 1. The number of anilines is 1. The summed E-state index contributed by atoms with van der Waals surface area (Å²) in [7, 11) is 1.61. The van der Waals surface area contributed by atoms with Crippen molar-refractivity contribution in [1.29, 1.82) is 0 Å². The largest absolute Gasteiger partial charge is 0.493 e. The summed E-state index contributed by atoms with van der Waals surface area (Å²) in [5, 5.41) is 6.92. The molecule has 0 unspecified atom stereocenters. The molecule has 0 fully saturated rings. The third kappa shape index (κ3) is 4.16. The van der Waals surface area contributed by atoms with Crippen molar-refractivity contribution in [3.63, 3.8) is 0 Å². The van der Waals surface area contributed by atoms with Gasteiger partial charge in [0.05, 0.1) is 13.2 Å². The van der Waals surface area contributed by atoms with Gasteiger partial charge in [0.2, 0.25) is 0 Å². The lowest BCUT2D eigenvalue weighted by molar-refractivity contribution is 0.415. The van der Waals surface area contributed by atoms with Crippen LogP contribution in [0.2, 0.25) is 0 Å². The summed E-state index contributed by atoms with van der Waals surface area (Å²) in [4.78, 5) is 4.23. The maximum atomic E-state index is 5.37. The Balaban J connectivity index is 2.03. The van der Waals surface area contributed by atoms with E-state index in [2.05, 4.69) is 34.7 Å². The van der Waals surface area contributed by atoms with Gasteiger partial charge in [-0.05, 0) is 36.3 Å². The molecule has 4 nitrogen and oxygen atoms in total. The second kappa shape index (κ2) is 7.59. The van der Waals surface area contributed by atoms with E-state index in [0.29, 0.717) is 16.7 Å². The number of thiocarbonyl (C=S) groups is 1. The van der Waals surface area contributed by atoms with Crippen LogP contribution in [-0.4, -0.2) is 17.2 Å². The van der Waals surface area contributed by atoms with Gasteiger partial charge in [-0.3, -0.25) is 0 Å². The Bertz CT molecular complexity index is 589. The van der Waals surface area contributed by atoms with E-state index >= 15 is 0 Å². The first-order chi connectivity index (χ1) is 10.2. The average molecular weight is 301 g/mol. The molecule has 0 aliphatic rings. The number of hydrogen-bond donors (Lipinski definition) is 2. The van der Waals surface area contributed by atoms with Crippen LogP contribution in [0, 0.1) is 0 Å². The van der Waals surface area contributed by atoms with Gasteiger partial charge in [0, 0.05) is 6.20 Å². The van der Waals surface area contributed by atoms with E-state index in [1.165, 1.54) is 5.56 Å². The van der Waals surface area contributed by atoms with Crippen molar-refractivity contribution in [2.45, 2.75) is 19.4 Å². The van der Waals surface area contributed by atoms with Gasteiger partial charge in [0.25, 0.3) is 0 Å². The lowest BCUT2D eigenvalue weighted by atomic mass is 10.1. The van der Waals surface area contributed by atoms with Gasteiger partial charge in [-0.1, -0.05) is 37.3 Å². The monoisotopic (exact) mass is 301 g/mol. The first-order valence-electron chi connectivity index (χ1n) is 6.86. The molecule has 1 aromatic carbocycles. The summed E-state index contributed by atoms with van der Waals surface area (Å²) in [5.41, 5.74) is 1.21. The van der Waals surface area contributed by atoms with Gasteiger partial charge in [0.15, 0.2) is 16.7 Å². The molecule has 1 aromatic heterocycles. The fourth-order valence-corrected chi connectivity index (χ4v) is 2.30. The summed E-state index contributed by atoms with van der Waals surface area (Å²) >= 11 is 5.37. The molecule has 2 N–H and O–H groups in total. The quantitative estimate of drug-likeness (QED) is 0.827. The van der Waals surface area contributed by atoms with Gasteiger partial charge >= 0.3 is 0 Å². The molecule has 0 bridgehead atoms. The van der Waals surface area contributed by atoms with Crippen molar-refractivity contribution < 1.29 is 4.74 Å². The molecule has 2 rings (SSSR count). The Morgan fingerprint density at radius 3 is 2.67 bits per heavy atom. The first kappa shape index (κ1) is 15.3. The predicted molar refractivity (Wildman–Crippen MR) is 89.6 cm³/mol. The zero-order valence-electron chi connectivity index (χ0n) is 12.2. The van der Waals surface area contributed by atoms with E-state index < -0.39 is 0 Å². The van der Waals surface area contributed by atoms with Crippen LogP contribution >= 0.6 is 12.2 Å². The van der Waals surface area contributed by atoms with Gasteiger partial charge in [-0.2, -0.15) is 0 Å². The summed E-state index contributed by atoms with van der Waals surface area (Å²) in [6.45, 7) is 2.12. The van der Waals surface area contributed by atoms with E-state index in [4.69, 9.17) is 17.0 Å². The smallest absolute Gasteiger partial charge is 0.174 e. The molecule has 1 atom stereocenters. The SMILES string of the molecule is CC[C@H](NC(=S)Nc1ncccc1OC)c1ccccc1. The number of pyridine rings is 1. The standard InChI is InChI=1S/C16H19N3OS/c1-3-13(12-8-5-4-6-9-12)18-16(21)19-15-14(20-2)10-7-11-17-15/h4-11,13H,3H2,1-2H3,(H2,17,18,19,21)/t13-/m0/s1. The molecule has 0 aliphatic heterocycles. The topological polar surface area (TPSA) is 46.2 Å². The van der Waals surface area contributed by atoms with Crippen LogP contribution < -0.4 is 15.4 Å². The molecule has 110 valence electrons. The number of ether oxygens (including phenoxy) is 1. The zero-order valence-corrected chi connectivity index (χ0v) is 13.0. The molecule has 0 amide bonds. The number of nitrogens with one attached hydrogen (secondary N) is 2. The first-order valence-corrected chi connectivity index (χ1v) is 7.27. The highest BCUT2D eigenvalue weighted by Crippen LogP contribution is 2.21. The highest BCUT2D eigenvalue weighted by Gasteiger charge is 2.11. The minimum Gasteiger partial charge on any atom is -0.493 e. The molecule has 0 saturated heterocycles. The Labute approximate surface area is 130 Å². The fraction of sp³-hybridized carbons (Fsp3) is 0.250. The van der Waals surface area contributed by atoms with Crippen molar-refractivity contribution in [3.05, 3.63) is 54.2 Å². The van der Waals surface area contributed by atoms with E-state index in [0.717, 1.165) is 6.42 Å². The normalized spacial score (nSPS) is 11.5. The number of rotatable bonds is 5. The molecular weight excluding hydrogens is 282 g/mol. The lowest BCUT2D eigenvalue weighted by Crippen LogP contribution is -2.32. The van der Waals surface area contributed by atoms with Gasteiger partial charge in [0.1, 0.15) is 0 Å². The molecule has 0 spiro atoms. The number of nitrogens with zero attached hydrogens (tertiary/aromatic N) is 1. The second-order valence-corrected chi connectivity index (χ2v) is 4.93. The number of hydrogen-bond acceptors (Lipinski definition) is 3. The second-order valence-electron chi connectivity index (χ2n) is 4.52. The Kier molecular flexibility index (Phi) is 5.51. The summed E-state index contributed by atoms with van der Waals surface area (Å²) in [6, 6.07) is 14.1. The Morgan fingerprint density at radius 1 is 1.24 bits per heavy atom. The fourth-order valence-electron chi connectivity index (χ4n) is 2.06. The molecule has 2 aromatic rings. The zero-order chi connectivity index (χ0) is 15.1. The van der Waals surface area contributed by atoms with Gasteiger partial charge in [-0.15, -0.1) is 0 Å². The number of aromatic nitrogens is 1. The average Bonchev–Trinajstić information content (AvgIpc) is 2.54. The summed E-state index contributed by atoms with van der Waals surface area (Å²) < 4.78 is 5.25. The van der Waals surface area contributed by atoms with E-state index in [1.807, 2.05) is 30.3 Å². The predicted octanol–water partition coefficient (Wildman–Crippen LogP) is 3.53. The van der Waals surface area contributed by atoms with Crippen LogP contribution in [0.3, 0.4) is 0 Å². The van der Waals surface area contributed by atoms with E-state index in [1.54, 1.807) is 13.3 Å². The van der Waals surface area contributed by atoms with Gasteiger partial charge < -0.3 is 15.4 Å². The lowest BCUT2D eigenvalue weighted by Gasteiger charge is -2.20. The van der Waals surface area contributed by atoms with Crippen molar-refractivity contribution in [1.82, 2.24) is 10.3 Å². The molecule has 0 saturated carbocycles. The van der Waals surface area contributed by atoms with E-state index in [9.17, 15) is 0 Å². The van der Waals surface area contributed by atoms with Crippen molar-refractivity contribution >= 4 is 23.1 Å². The van der Waals surface area contributed by atoms with Crippen molar-refractivity contribution in [3.8, 4) is 5.75 Å². The Morgan fingerprint density at radius 2 is 2.00 bits per heavy atom. The molecule has 21 heavy (non-hydrogen) atoms. The maximum absolute atomic E-state index is 5.37. The maximum Gasteiger partial charge on any atom is 0.174 e. The van der Waals surface area contributed by atoms with Crippen LogP contribution in [0.1, 0.15) is 24.9 Å². The van der Waals surface area contributed by atoms with Crippen molar-refractivity contribution in [2.75, 3.05) is 12.4 Å². The van der Waals surface area contributed by atoms with Crippen molar-refractivity contribution in [2.24, 2.45) is 0 Å². The van der Waals surface area contributed by atoms with Crippen LogP contribution in [-0.2, 0) is 0 Å². The molecule has 0 radical (unpaired) electrons. The minimum absolute atomic E-state index is 0.168. The molecule has 5 heteroatoms. The molecule has 1 heterocycles. The minimum atomic E-state index is 0.168. The third-order valence-corrected chi connectivity index (χ3v) is 3.36. The van der Waals surface area contributed by atoms with Crippen LogP contribution in [0.25, 0.3) is 0 Å². The van der Waals surface area contributed by atoms with Crippen LogP contribution in [0.5, 0.6) is 5.75 Å². The highest BCUT2D eigenvalue weighted by atomic mass is 32.1. The molecular formula is C16H19N3OS. The van der Waals surface area contributed by atoms with E-state index in [-0.39, 0.29) is 6.04 Å². The van der Waals surface area contributed by atoms with Crippen LogP contribution in [0.4, 0.5) is 5.82 Å². The number of benzene rings is 1. The highest BCUT2D eigenvalue weighted by molar-refractivity contribution is 7.80. The van der Waals surface area contributed by atoms with Gasteiger partial charge in [-0.25, -0.2) is 4.98 Å². The Hall–Kier alpha value is -2.14. The third-order valence-electron chi connectivity index (χ3n) is 3.14. The summed E-state index contributed by atoms with van der Waals surface area (Å²) in [5.74, 6) is 1.27. The summed E-state index contributed by atoms with van der Waals surface area (Å²) in [6.07, 6.45) is 2.63. The van der Waals surface area contributed by atoms with Crippen LogP contribution in [0.15, 0.2) is 48.7 Å². The molecule has 0 aliphatic carbocycles.